The molecule has 0 aromatic heterocycles. The monoisotopic (exact) mass is 724 g/mol. The summed E-state index contributed by atoms with van der Waals surface area (Å²) in [7, 11) is -4.94. The number of fused-ring (bicyclic) bond motifs is 6. The summed E-state index contributed by atoms with van der Waals surface area (Å²) in [6.07, 6.45) is 15.6. The zero-order valence-corrected chi connectivity index (χ0v) is 32.2. The molecule has 276 valence electrons. The van der Waals surface area contributed by atoms with Gasteiger partial charge in [-0.1, -0.05) is 107 Å². The first-order valence-electron chi connectivity index (χ1n) is 18.5. The molecule has 4 aromatic carbocycles. The van der Waals surface area contributed by atoms with Crippen LogP contribution in [0.4, 0.5) is 11.4 Å². The topological polar surface area (TPSA) is 119 Å². The van der Waals surface area contributed by atoms with Crippen molar-refractivity contribution in [2.45, 2.75) is 90.9 Å². The first-order valence-corrected chi connectivity index (χ1v) is 19.8. The number of unbranched alkanes of at least 4 members (excludes halogenated alkanes) is 2. The zero-order chi connectivity index (χ0) is 37.7. The number of allylic oxidation sites excluding steroid dienone is 6. The lowest BCUT2D eigenvalue weighted by Gasteiger charge is -2.27. The van der Waals surface area contributed by atoms with Crippen LogP contribution in [0.25, 0.3) is 21.5 Å². The Bertz CT molecular complexity index is 2010. The van der Waals surface area contributed by atoms with E-state index in [2.05, 4.69) is 148 Å². The van der Waals surface area contributed by atoms with E-state index in [9.17, 15) is 5.11 Å². The standard InChI is InChI=1S/C44H53N2O.ClHO4/c1-7-9-29-45-37-25-23-33-17-11-13-19-35(33)41(37)43(3,4)39(45)27-21-32(16-15-31-47)22-28-40-44(5,6)42-36-20-14-12-18-34(36)24-26-38(42)46(40)30-10-8-2;2-1(3,4)5/h11-14,17-28,47H,7-10,15-16,29-31H2,1-6H3;(H,2,3,4,5)/q+1;/p-1. The van der Waals surface area contributed by atoms with Crippen molar-refractivity contribution >= 4 is 38.6 Å². The highest BCUT2D eigenvalue weighted by molar-refractivity contribution is 6.07. The molecule has 52 heavy (non-hydrogen) atoms. The third-order valence-corrected chi connectivity index (χ3v) is 10.5. The molecule has 7 nitrogen and oxygen atoms in total. The molecule has 4 aromatic rings. The highest BCUT2D eigenvalue weighted by Crippen LogP contribution is 2.51. The molecule has 0 atom stereocenters. The number of benzene rings is 4. The molecule has 0 saturated heterocycles. The molecule has 0 radical (unpaired) electrons. The van der Waals surface area contributed by atoms with Gasteiger partial charge in [0, 0.05) is 54.1 Å². The van der Waals surface area contributed by atoms with E-state index in [1.165, 1.54) is 61.0 Å². The predicted molar refractivity (Wildman–Crippen MR) is 203 cm³/mol. The van der Waals surface area contributed by atoms with Gasteiger partial charge in [-0.25, -0.2) is 18.6 Å². The van der Waals surface area contributed by atoms with E-state index in [1.54, 1.807) is 0 Å². The van der Waals surface area contributed by atoms with E-state index in [4.69, 9.17) is 18.6 Å². The largest absolute Gasteiger partial charge is 0.396 e. The molecule has 8 heteroatoms. The molecule has 1 N–H and O–H groups in total. The molecule has 2 aliphatic rings. The van der Waals surface area contributed by atoms with Gasteiger partial charge in [-0.05, 0) is 84.0 Å². The average molecular weight is 725 g/mol. The summed E-state index contributed by atoms with van der Waals surface area (Å²) in [5.41, 5.74) is 9.23. The van der Waals surface area contributed by atoms with E-state index < -0.39 is 10.2 Å². The molecule has 0 unspecified atom stereocenters. The van der Waals surface area contributed by atoms with Crippen LogP contribution in [0.15, 0.2) is 108 Å². The van der Waals surface area contributed by atoms with Gasteiger partial charge in [-0.2, -0.15) is 4.58 Å². The summed E-state index contributed by atoms with van der Waals surface area (Å²) < 4.78 is 36.5. The molecule has 0 amide bonds. The fourth-order valence-electron chi connectivity index (χ4n) is 8.06. The second-order valence-corrected chi connectivity index (χ2v) is 15.6. The lowest BCUT2D eigenvalue weighted by Crippen LogP contribution is -2.68. The number of hydrogen-bond acceptors (Lipinski definition) is 6. The van der Waals surface area contributed by atoms with Gasteiger partial charge in [0.1, 0.15) is 6.54 Å². The van der Waals surface area contributed by atoms with Gasteiger partial charge in [-0.3, -0.25) is 0 Å². The van der Waals surface area contributed by atoms with Crippen molar-refractivity contribution in [1.82, 2.24) is 0 Å². The second kappa shape index (κ2) is 16.5. The van der Waals surface area contributed by atoms with Gasteiger partial charge in [0.25, 0.3) is 0 Å². The number of rotatable bonds is 12. The zero-order valence-electron chi connectivity index (χ0n) is 31.5. The van der Waals surface area contributed by atoms with Gasteiger partial charge in [0.2, 0.25) is 5.69 Å². The fourth-order valence-corrected chi connectivity index (χ4v) is 8.06. The fraction of sp³-hybridized carbons (Fsp3) is 0.386. The van der Waals surface area contributed by atoms with E-state index in [-0.39, 0.29) is 17.4 Å². The maximum Gasteiger partial charge on any atom is 0.210 e. The summed E-state index contributed by atoms with van der Waals surface area (Å²) in [6, 6.07) is 26.9. The van der Waals surface area contributed by atoms with Crippen molar-refractivity contribution in [3.05, 3.63) is 119 Å². The Morgan fingerprint density at radius 1 is 0.769 bits per heavy atom. The summed E-state index contributed by atoms with van der Waals surface area (Å²) in [4.78, 5) is 2.57. The van der Waals surface area contributed by atoms with Crippen molar-refractivity contribution in [2.75, 3.05) is 24.6 Å². The average Bonchev–Trinajstić information content (AvgIpc) is 3.46. The number of aliphatic hydroxyl groups excluding tert-OH is 1. The SMILES string of the molecule is CCCCN1/C(=C/C=C(/C=C/C2=[N+](CCCC)c3ccc4ccccc4c3C2(C)C)CCCO)C(C)(C)c2c1ccc1ccccc21.[O-][Cl+3]([O-])([O-])[O-]. The molecule has 6 rings (SSSR count). The number of aliphatic hydroxyl groups is 1. The van der Waals surface area contributed by atoms with Crippen LogP contribution in [0.2, 0.25) is 0 Å². The Hall–Kier alpha value is -3.82. The quantitative estimate of drug-likeness (QED) is 0.138. The van der Waals surface area contributed by atoms with Gasteiger partial charge in [-0.15, -0.1) is 10.2 Å². The number of nitrogens with zero attached hydrogens (tertiary/aromatic N) is 2. The van der Waals surface area contributed by atoms with E-state index in [0.29, 0.717) is 0 Å². The van der Waals surface area contributed by atoms with Crippen LogP contribution in [0.3, 0.4) is 0 Å². The summed E-state index contributed by atoms with van der Waals surface area (Å²) >= 11 is 0. The minimum atomic E-state index is -4.94. The molecule has 0 fully saturated rings. The maximum absolute atomic E-state index is 9.87. The highest BCUT2D eigenvalue weighted by atomic mass is 35.7. The highest BCUT2D eigenvalue weighted by Gasteiger charge is 2.45. The van der Waals surface area contributed by atoms with Crippen molar-refractivity contribution in [3.8, 4) is 0 Å². The molecule has 0 bridgehead atoms. The lowest BCUT2D eigenvalue weighted by atomic mass is 9.79. The van der Waals surface area contributed by atoms with Crippen LogP contribution in [0.1, 0.15) is 91.2 Å². The van der Waals surface area contributed by atoms with Crippen LogP contribution in [0, 0.1) is 10.2 Å². The normalized spacial score (nSPS) is 17.3. The predicted octanol–water partition coefficient (Wildman–Crippen LogP) is 6.15. The smallest absolute Gasteiger partial charge is 0.210 e. The van der Waals surface area contributed by atoms with Crippen molar-refractivity contribution in [2.24, 2.45) is 0 Å². The molecule has 0 aliphatic carbocycles. The first kappa shape index (κ1) is 39.4. The Morgan fingerprint density at radius 3 is 1.98 bits per heavy atom. The third-order valence-electron chi connectivity index (χ3n) is 10.5. The number of hydrogen-bond donors (Lipinski definition) is 1. The summed E-state index contributed by atoms with van der Waals surface area (Å²) in [5.74, 6) is 0. The van der Waals surface area contributed by atoms with Crippen molar-refractivity contribution < 1.29 is 38.6 Å². The first-order chi connectivity index (χ1) is 24.7. The van der Waals surface area contributed by atoms with Crippen LogP contribution in [-0.2, 0) is 10.8 Å². The molecule has 2 aliphatic heterocycles. The van der Waals surface area contributed by atoms with Crippen LogP contribution in [0.5, 0.6) is 0 Å². The Morgan fingerprint density at radius 2 is 1.37 bits per heavy atom. The number of anilines is 1. The Balaban J connectivity index is 0.000000979. The third kappa shape index (κ3) is 8.36. The van der Waals surface area contributed by atoms with E-state index in [1.807, 2.05) is 0 Å². The van der Waals surface area contributed by atoms with Crippen LogP contribution in [-0.4, -0.2) is 35.1 Å². The molecule has 0 spiro atoms. The molecular formula is C44H53ClN2O5. The van der Waals surface area contributed by atoms with E-state index >= 15 is 0 Å². The Kier molecular flexibility index (Phi) is 12.5. The lowest BCUT2D eigenvalue weighted by molar-refractivity contribution is -2.00. The summed E-state index contributed by atoms with van der Waals surface area (Å²) in [5, 5.41) is 15.2. The van der Waals surface area contributed by atoms with Crippen LogP contribution < -0.4 is 23.5 Å². The molecular weight excluding hydrogens is 672 g/mol. The second-order valence-electron chi connectivity index (χ2n) is 14.8. The van der Waals surface area contributed by atoms with Crippen LogP contribution >= 0.6 is 0 Å². The number of halogens is 1. The molecule has 2 heterocycles. The van der Waals surface area contributed by atoms with Crippen molar-refractivity contribution in [1.29, 1.82) is 0 Å². The van der Waals surface area contributed by atoms with Crippen molar-refractivity contribution in [3.63, 3.8) is 0 Å². The van der Waals surface area contributed by atoms with Gasteiger partial charge >= 0.3 is 0 Å². The molecule has 0 saturated carbocycles. The summed E-state index contributed by atoms with van der Waals surface area (Å²) in [6.45, 7) is 16.3. The maximum atomic E-state index is 9.87. The van der Waals surface area contributed by atoms with Gasteiger partial charge < -0.3 is 10.0 Å². The van der Waals surface area contributed by atoms with Gasteiger partial charge in [0.15, 0.2) is 5.71 Å². The minimum absolute atomic E-state index is 0.131. The van der Waals surface area contributed by atoms with Gasteiger partial charge in [0.05, 0.1) is 5.41 Å². The Labute approximate surface area is 311 Å². The minimum Gasteiger partial charge on any atom is -0.396 e. The van der Waals surface area contributed by atoms with E-state index in [0.717, 1.165) is 51.6 Å².